The van der Waals surface area contributed by atoms with Crippen LogP contribution in [0.2, 0.25) is 0 Å². The average Bonchev–Trinajstić information content (AvgIpc) is 2.45. The van der Waals surface area contributed by atoms with Gasteiger partial charge >= 0.3 is 0 Å². The lowest BCUT2D eigenvalue weighted by atomic mass is 10.2. The second-order valence-electron chi connectivity index (χ2n) is 5.65. The standard InChI is InChI=1S/C15H22N4O2S/c1-10-14(20)18-12-9-11(5-6-13(12)21-10)17-15(22)16-7-4-8-19(2)3/h5-6,9-10H,4,7-8H2,1-3H3,(H,18,20)(H2,16,17,22)/p+1/t10-/m1/s1. The minimum absolute atomic E-state index is 0.142. The number of carbonyl (C=O) groups excluding carboxylic acids is 1. The van der Waals surface area contributed by atoms with E-state index in [1.54, 1.807) is 6.92 Å². The highest BCUT2D eigenvalue weighted by molar-refractivity contribution is 7.80. The van der Waals surface area contributed by atoms with Gasteiger partial charge in [0.05, 0.1) is 26.3 Å². The van der Waals surface area contributed by atoms with Gasteiger partial charge in [-0.3, -0.25) is 4.79 Å². The summed E-state index contributed by atoms with van der Waals surface area (Å²) in [5, 5.41) is 9.68. The van der Waals surface area contributed by atoms with Crippen molar-refractivity contribution in [3.63, 3.8) is 0 Å². The summed E-state index contributed by atoms with van der Waals surface area (Å²) in [7, 11) is 4.25. The fraction of sp³-hybridized carbons (Fsp3) is 0.467. The molecule has 0 unspecified atom stereocenters. The molecule has 1 amide bonds. The minimum Gasteiger partial charge on any atom is -0.479 e. The fourth-order valence-electron chi connectivity index (χ4n) is 2.11. The summed E-state index contributed by atoms with van der Waals surface area (Å²) >= 11 is 5.26. The molecule has 0 saturated heterocycles. The molecule has 4 N–H and O–H groups in total. The molecule has 0 aromatic heterocycles. The number of quaternary nitrogens is 1. The van der Waals surface area contributed by atoms with Gasteiger partial charge in [-0.1, -0.05) is 0 Å². The molecule has 1 aliphatic heterocycles. The van der Waals surface area contributed by atoms with E-state index < -0.39 is 6.10 Å². The Bertz CT molecular complexity index is 562. The van der Waals surface area contributed by atoms with Crippen LogP contribution >= 0.6 is 12.2 Å². The third-order valence-corrected chi connectivity index (χ3v) is 3.55. The average molecular weight is 323 g/mol. The summed E-state index contributed by atoms with van der Waals surface area (Å²) in [6.07, 6.45) is 0.587. The summed E-state index contributed by atoms with van der Waals surface area (Å²) in [6.45, 7) is 3.65. The number of fused-ring (bicyclic) bond motifs is 1. The summed E-state index contributed by atoms with van der Waals surface area (Å²) in [5.74, 6) is 0.530. The van der Waals surface area contributed by atoms with Crippen molar-refractivity contribution in [2.75, 3.05) is 37.8 Å². The Morgan fingerprint density at radius 2 is 2.23 bits per heavy atom. The first-order valence-corrected chi connectivity index (χ1v) is 7.82. The van der Waals surface area contributed by atoms with Gasteiger partial charge in [0.1, 0.15) is 5.75 Å². The van der Waals surface area contributed by atoms with Crippen molar-refractivity contribution in [3.05, 3.63) is 18.2 Å². The number of hydrogen-bond donors (Lipinski definition) is 4. The summed E-state index contributed by atoms with van der Waals surface area (Å²) in [6, 6.07) is 5.52. The maximum atomic E-state index is 11.6. The zero-order valence-electron chi connectivity index (χ0n) is 13.2. The van der Waals surface area contributed by atoms with E-state index in [1.807, 2.05) is 18.2 Å². The van der Waals surface area contributed by atoms with Crippen molar-refractivity contribution >= 4 is 34.6 Å². The molecular weight excluding hydrogens is 300 g/mol. The van der Waals surface area contributed by atoms with Crippen molar-refractivity contribution in [3.8, 4) is 5.75 Å². The van der Waals surface area contributed by atoms with Gasteiger partial charge in [-0.15, -0.1) is 0 Å². The molecule has 0 bridgehead atoms. The minimum atomic E-state index is -0.465. The number of benzene rings is 1. The smallest absolute Gasteiger partial charge is 0.265 e. The lowest BCUT2D eigenvalue weighted by Gasteiger charge is -2.23. The highest BCUT2D eigenvalue weighted by Crippen LogP contribution is 2.32. The van der Waals surface area contributed by atoms with E-state index in [9.17, 15) is 4.79 Å². The van der Waals surface area contributed by atoms with Crippen LogP contribution in [0.1, 0.15) is 13.3 Å². The van der Waals surface area contributed by atoms with Crippen molar-refractivity contribution in [2.45, 2.75) is 19.4 Å². The van der Waals surface area contributed by atoms with Crippen LogP contribution in [-0.2, 0) is 4.79 Å². The molecule has 2 rings (SSSR count). The number of nitrogens with one attached hydrogen (secondary N) is 4. The van der Waals surface area contributed by atoms with Gasteiger partial charge in [0, 0.05) is 18.7 Å². The van der Waals surface area contributed by atoms with Crippen molar-refractivity contribution in [1.29, 1.82) is 0 Å². The molecule has 0 saturated carbocycles. The molecule has 0 fully saturated rings. The first-order valence-electron chi connectivity index (χ1n) is 7.41. The summed E-state index contributed by atoms with van der Waals surface area (Å²) < 4.78 is 5.52. The van der Waals surface area contributed by atoms with Crippen molar-refractivity contribution in [2.24, 2.45) is 0 Å². The largest absolute Gasteiger partial charge is 0.479 e. The van der Waals surface area contributed by atoms with Crippen molar-refractivity contribution in [1.82, 2.24) is 5.32 Å². The highest BCUT2D eigenvalue weighted by atomic mass is 32.1. The molecule has 1 aliphatic rings. The molecule has 0 spiro atoms. The first-order chi connectivity index (χ1) is 10.5. The third-order valence-electron chi connectivity index (χ3n) is 3.31. The van der Waals surface area contributed by atoms with Crippen LogP contribution in [-0.4, -0.2) is 44.3 Å². The number of amides is 1. The number of rotatable bonds is 5. The first kappa shape index (κ1) is 16.5. The number of thiocarbonyl (C=S) groups is 1. The Morgan fingerprint density at radius 1 is 1.45 bits per heavy atom. The number of ether oxygens (including phenoxy) is 1. The van der Waals surface area contributed by atoms with Crippen LogP contribution in [0.25, 0.3) is 0 Å². The van der Waals surface area contributed by atoms with Crippen LogP contribution in [0.5, 0.6) is 5.75 Å². The Morgan fingerprint density at radius 3 is 2.95 bits per heavy atom. The Hall–Kier alpha value is -1.86. The van der Waals surface area contributed by atoms with E-state index in [2.05, 4.69) is 30.0 Å². The van der Waals surface area contributed by atoms with Gasteiger partial charge in [0.25, 0.3) is 5.91 Å². The number of hydrogen-bond acceptors (Lipinski definition) is 3. The van der Waals surface area contributed by atoms with E-state index in [4.69, 9.17) is 17.0 Å². The molecule has 1 heterocycles. The lowest BCUT2D eigenvalue weighted by Crippen LogP contribution is -3.05. The van der Waals surface area contributed by atoms with Gasteiger partial charge < -0.3 is 25.6 Å². The SMILES string of the molecule is C[C@H]1Oc2ccc(NC(=S)NCCC[NH+](C)C)cc2NC1=O. The Balaban J connectivity index is 1.87. The fourth-order valence-corrected chi connectivity index (χ4v) is 2.33. The van der Waals surface area contributed by atoms with Gasteiger partial charge in [0.2, 0.25) is 0 Å². The van der Waals surface area contributed by atoms with Crippen molar-refractivity contribution < 1.29 is 14.4 Å². The third kappa shape index (κ3) is 4.57. The normalized spacial score (nSPS) is 16.5. The maximum absolute atomic E-state index is 11.6. The monoisotopic (exact) mass is 323 g/mol. The molecule has 22 heavy (non-hydrogen) atoms. The number of anilines is 2. The molecule has 120 valence electrons. The van der Waals surface area contributed by atoms with Crippen LogP contribution in [0.4, 0.5) is 11.4 Å². The Kier molecular flexibility index (Phi) is 5.57. The van der Waals surface area contributed by atoms with E-state index in [1.165, 1.54) is 4.90 Å². The van der Waals surface area contributed by atoms with Gasteiger partial charge in [-0.05, 0) is 37.3 Å². The second-order valence-corrected chi connectivity index (χ2v) is 6.06. The highest BCUT2D eigenvalue weighted by Gasteiger charge is 2.23. The van der Waals surface area contributed by atoms with Gasteiger partial charge in [-0.2, -0.15) is 0 Å². The zero-order valence-corrected chi connectivity index (χ0v) is 14.0. The molecule has 1 aromatic carbocycles. The molecule has 7 heteroatoms. The quantitative estimate of drug-likeness (QED) is 0.461. The van der Waals surface area contributed by atoms with E-state index >= 15 is 0 Å². The Labute approximate surface area is 136 Å². The van der Waals surface area contributed by atoms with Gasteiger partial charge in [0.15, 0.2) is 11.2 Å². The molecule has 1 atom stereocenters. The van der Waals surface area contributed by atoms with Crippen LogP contribution in [0, 0.1) is 0 Å². The van der Waals surface area contributed by atoms with E-state index in [0.29, 0.717) is 16.5 Å². The topological polar surface area (TPSA) is 66.8 Å². The summed E-state index contributed by atoms with van der Waals surface area (Å²) in [5.41, 5.74) is 1.47. The number of carbonyl (C=O) groups is 1. The maximum Gasteiger partial charge on any atom is 0.265 e. The molecule has 6 nitrogen and oxygen atoms in total. The molecular formula is C15H23N4O2S+. The van der Waals surface area contributed by atoms with Crippen LogP contribution in [0.15, 0.2) is 18.2 Å². The molecule has 0 aliphatic carbocycles. The predicted octanol–water partition coefficient (Wildman–Crippen LogP) is 0.227. The zero-order chi connectivity index (χ0) is 16.1. The van der Waals surface area contributed by atoms with Crippen LogP contribution < -0.4 is 25.6 Å². The van der Waals surface area contributed by atoms with Gasteiger partial charge in [-0.25, -0.2) is 0 Å². The second kappa shape index (κ2) is 7.42. The van der Waals surface area contributed by atoms with E-state index in [0.717, 1.165) is 25.2 Å². The van der Waals surface area contributed by atoms with Crippen LogP contribution in [0.3, 0.4) is 0 Å². The predicted molar refractivity (Wildman–Crippen MR) is 91.7 cm³/mol. The molecule has 0 radical (unpaired) electrons. The summed E-state index contributed by atoms with van der Waals surface area (Å²) in [4.78, 5) is 13.0. The molecule has 1 aromatic rings. The van der Waals surface area contributed by atoms with E-state index in [-0.39, 0.29) is 5.91 Å². The lowest BCUT2D eigenvalue weighted by molar-refractivity contribution is -0.858.